The number of carbonyl (C=O) groups excluding carboxylic acids is 1. The van der Waals surface area contributed by atoms with E-state index in [1.54, 1.807) is 6.07 Å². The summed E-state index contributed by atoms with van der Waals surface area (Å²) in [5, 5.41) is 7.71. The molecule has 1 amide bonds. The van der Waals surface area contributed by atoms with Gasteiger partial charge < -0.3 is 9.84 Å². The Balaban J connectivity index is 1.58. The third kappa shape index (κ3) is 3.48. The van der Waals surface area contributed by atoms with Crippen LogP contribution in [-0.4, -0.2) is 42.4 Å². The number of nitrogens with zero attached hydrogens (tertiary/aromatic N) is 2. The maximum atomic E-state index is 12.2. The number of sulfonamides is 1. The molecule has 1 aliphatic heterocycles. The van der Waals surface area contributed by atoms with Crippen molar-refractivity contribution in [3.8, 4) is 0 Å². The average molecular weight is 339 g/mol. The molecule has 1 saturated heterocycles. The van der Waals surface area contributed by atoms with Gasteiger partial charge in [-0.2, -0.15) is 4.31 Å². The highest BCUT2D eigenvalue weighted by Gasteiger charge is 2.33. The molecule has 2 aliphatic rings. The van der Waals surface area contributed by atoms with E-state index in [1.807, 2.05) is 6.92 Å². The van der Waals surface area contributed by atoms with E-state index in [1.165, 1.54) is 4.31 Å². The highest BCUT2D eigenvalue weighted by Crippen LogP contribution is 2.40. The highest BCUT2D eigenvalue weighted by molar-refractivity contribution is 7.92. The normalized spacial score (nSPS) is 26.0. The van der Waals surface area contributed by atoms with Gasteiger partial charge in [0, 0.05) is 36.0 Å². The molecule has 1 N–H and O–H groups in total. The Labute approximate surface area is 135 Å². The van der Waals surface area contributed by atoms with E-state index in [0.717, 1.165) is 24.0 Å². The topological polar surface area (TPSA) is 92.5 Å². The number of aromatic nitrogens is 1. The standard InChI is InChI=1S/C15H21N3O4S/c1-3-23(20,21)18-7-6-12(8-10(18)2)16-15(19)13-9-14(22-17-13)11-4-5-11/h3,9-12H,1,4-8H2,2H3,(H,16,19)/t10-,12?/m0/s1. The molecule has 0 spiro atoms. The summed E-state index contributed by atoms with van der Waals surface area (Å²) in [7, 11) is -3.42. The Kier molecular flexibility index (Phi) is 4.29. The fraction of sp³-hybridized carbons (Fsp3) is 0.600. The van der Waals surface area contributed by atoms with Gasteiger partial charge in [0.25, 0.3) is 5.91 Å². The van der Waals surface area contributed by atoms with E-state index in [-0.39, 0.29) is 18.0 Å². The zero-order chi connectivity index (χ0) is 16.6. The van der Waals surface area contributed by atoms with Crippen LogP contribution in [0, 0.1) is 0 Å². The van der Waals surface area contributed by atoms with Crippen molar-refractivity contribution in [2.75, 3.05) is 6.54 Å². The van der Waals surface area contributed by atoms with Gasteiger partial charge in [0.15, 0.2) is 5.69 Å². The molecule has 126 valence electrons. The minimum Gasteiger partial charge on any atom is -0.360 e. The maximum Gasteiger partial charge on any atom is 0.273 e. The Morgan fingerprint density at radius 2 is 2.22 bits per heavy atom. The Morgan fingerprint density at radius 1 is 1.48 bits per heavy atom. The van der Waals surface area contributed by atoms with Crippen molar-refractivity contribution in [3.63, 3.8) is 0 Å². The zero-order valence-electron chi connectivity index (χ0n) is 13.1. The van der Waals surface area contributed by atoms with Crippen molar-refractivity contribution in [3.05, 3.63) is 29.5 Å². The molecule has 1 aromatic rings. The molecular weight excluding hydrogens is 318 g/mol. The van der Waals surface area contributed by atoms with Crippen molar-refractivity contribution in [2.24, 2.45) is 0 Å². The summed E-state index contributed by atoms with van der Waals surface area (Å²) in [4.78, 5) is 12.2. The van der Waals surface area contributed by atoms with E-state index in [4.69, 9.17) is 4.52 Å². The summed E-state index contributed by atoms with van der Waals surface area (Å²) in [6.07, 6.45) is 3.30. The van der Waals surface area contributed by atoms with Crippen LogP contribution in [0.2, 0.25) is 0 Å². The van der Waals surface area contributed by atoms with E-state index in [2.05, 4.69) is 17.1 Å². The molecule has 2 atom stereocenters. The van der Waals surface area contributed by atoms with Crippen LogP contribution in [-0.2, 0) is 10.0 Å². The quantitative estimate of drug-likeness (QED) is 0.880. The van der Waals surface area contributed by atoms with Crippen LogP contribution in [0.25, 0.3) is 0 Å². The Morgan fingerprint density at radius 3 is 2.83 bits per heavy atom. The lowest BCUT2D eigenvalue weighted by Crippen LogP contribution is -2.50. The monoisotopic (exact) mass is 339 g/mol. The predicted molar refractivity (Wildman–Crippen MR) is 84.3 cm³/mol. The first kappa shape index (κ1) is 16.2. The lowest BCUT2D eigenvalue weighted by molar-refractivity contribution is 0.0905. The lowest BCUT2D eigenvalue weighted by Gasteiger charge is -2.36. The molecule has 7 nitrogen and oxygen atoms in total. The summed E-state index contributed by atoms with van der Waals surface area (Å²) in [6.45, 7) is 5.55. The second-order valence-electron chi connectivity index (χ2n) is 6.25. The van der Waals surface area contributed by atoms with Gasteiger partial charge in [-0.3, -0.25) is 4.79 Å². The third-order valence-corrected chi connectivity index (χ3v) is 6.05. The highest BCUT2D eigenvalue weighted by atomic mass is 32.2. The first-order valence-corrected chi connectivity index (χ1v) is 9.33. The van der Waals surface area contributed by atoms with Crippen LogP contribution >= 0.6 is 0 Å². The number of hydrogen-bond acceptors (Lipinski definition) is 5. The van der Waals surface area contributed by atoms with Gasteiger partial charge in [-0.15, -0.1) is 0 Å². The number of piperidine rings is 1. The van der Waals surface area contributed by atoms with E-state index in [9.17, 15) is 13.2 Å². The number of rotatable bonds is 5. The summed E-state index contributed by atoms with van der Waals surface area (Å²) in [5.41, 5.74) is 0.292. The first-order valence-electron chi connectivity index (χ1n) is 7.82. The molecular formula is C15H21N3O4S. The minimum atomic E-state index is -3.42. The molecule has 2 heterocycles. The smallest absolute Gasteiger partial charge is 0.273 e. The maximum absolute atomic E-state index is 12.2. The molecule has 1 saturated carbocycles. The SMILES string of the molecule is C=CS(=O)(=O)N1CCC(NC(=O)c2cc(C3CC3)on2)C[C@@H]1C. The molecule has 8 heteroatoms. The first-order chi connectivity index (χ1) is 10.9. The zero-order valence-corrected chi connectivity index (χ0v) is 13.9. The van der Waals surface area contributed by atoms with Gasteiger partial charge in [-0.1, -0.05) is 11.7 Å². The molecule has 1 aromatic heterocycles. The fourth-order valence-corrected chi connectivity index (χ4v) is 4.11. The van der Waals surface area contributed by atoms with Crippen LogP contribution in [0.3, 0.4) is 0 Å². The van der Waals surface area contributed by atoms with E-state index >= 15 is 0 Å². The van der Waals surface area contributed by atoms with E-state index in [0.29, 0.717) is 31.0 Å². The van der Waals surface area contributed by atoms with Crippen molar-refractivity contribution < 1.29 is 17.7 Å². The Hall–Kier alpha value is -1.67. The predicted octanol–water partition coefficient (Wildman–Crippen LogP) is 1.61. The number of amides is 1. The number of hydrogen-bond donors (Lipinski definition) is 1. The number of nitrogens with one attached hydrogen (secondary N) is 1. The molecule has 23 heavy (non-hydrogen) atoms. The molecule has 2 fully saturated rings. The van der Waals surface area contributed by atoms with Gasteiger partial charge in [0.1, 0.15) is 5.76 Å². The van der Waals surface area contributed by atoms with Crippen LogP contribution < -0.4 is 5.32 Å². The molecule has 3 rings (SSSR count). The van der Waals surface area contributed by atoms with Gasteiger partial charge in [0.05, 0.1) is 0 Å². The second kappa shape index (κ2) is 6.09. The van der Waals surface area contributed by atoms with Crippen LogP contribution in [0.5, 0.6) is 0 Å². The van der Waals surface area contributed by atoms with Crippen molar-refractivity contribution in [2.45, 2.75) is 50.6 Å². The largest absolute Gasteiger partial charge is 0.360 e. The second-order valence-corrected chi connectivity index (χ2v) is 8.09. The lowest BCUT2D eigenvalue weighted by atomic mass is 10.0. The van der Waals surface area contributed by atoms with Crippen molar-refractivity contribution in [1.29, 1.82) is 0 Å². The molecule has 0 bridgehead atoms. The molecule has 1 aliphatic carbocycles. The van der Waals surface area contributed by atoms with Crippen LogP contribution in [0.1, 0.15) is 54.8 Å². The number of carbonyl (C=O) groups is 1. The van der Waals surface area contributed by atoms with Crippen LogP contribution in [0.4, 0.5) is 0 Å². The van der Waals surface area contributed by atoms with Crippen molar-refractivity contribution >= 4 is 15.9 Å². The van der Waals surface area contributed by atoms with Crippen molar-refractivity contribution in [1.82, 2.24) is 14.8 Å². The summed E-state index contributed by atoms with van der Waals surface area (Å²) in [6, 6.07) is 1.44. The van der Waals surface area contributed by atoms with Crippen LogP contribution in [0.15, 0.2) is 22.6 Å². The Bertz CT molecular complexity index is 708. The van der Waals surface area contributed by atoms with Gasteiger partial charge >= 0.3 is 0 Å². The van der Waals surface area contributed by atoms with Gasteiger partial charge in [-0.25, -0.2) is 8.42 Å². The molecule has 0 radical (unpaired) electrons. The molecule has 1 unspecified atom stereocenters. The van der Waals surface area contributed by atoms with Gasteiger partial charge in [-0.05, 0) is 32.6 Å². The van der Waals surface area contributed by atoms with E-state index < -0.39 is 10.0 Å². The fourth-order valence-electron chi connectivity index (χ4n) is 2.97. The summed E-state index contributed by atoms with van der Waals surface area (Å²) < 4.78 is 30.4. The summed E-state index contributed by atoms with van der Waals surface area (Å²) in [5.74, 6) is 0.921. The van der Waals surface area contributed by atoms with Gasteiger partial charge in [0.2, 0.25) is 10.0 Å². The average Bonchev–Trinajstić information content (AvgIpc) is 3.24. The third-order valence-electron chi connectivity index (χ3n) is 4.43. The molecule has 0 aromatic carbocycles. The minimum absolute atomic E-state index is 0.0742. The summed E-state index contributed by atoms with van der Waals surface area (Å²) >= 11 is 0.